The summed E-state index contributed by atoms with van der Waals surface area (Å²) in [4.78, 5) is 17.4. The van der Waals surface area contributed by atoms with Crippen LogP contribution in [0.25, 0.3) is 11.0 Å². The van der Waals surface area contributed by atoms with Crippen LogP contribution >= 0.6 is 0 Å². The van der Waals surface area contributed by atoms with Gasteiger partial charge in [-0.3, -0.25) is 9.69 Å². The number of likely N-dealkylation sites (N-methyl/N-ethyl adjacent to an activating group) is 1. The third kappa shape index (κ3) is 5.31. The van der Waals surface area contributed by atoms with Crippen molar-refractivity contribution >= 4 is 11.0 Å². The van der Waals surface area contributed by atoms with Crippen molar-refractivity contribution in [2.75, 3.05) is 33.2 Å². The largest absolute Gasteiger partial charge is 0.507 e. The third-order valence-electron chi connectivity index (χ3n) is 6.27. The lowest BCUT2D eigenvalue weighted by Gasteiger charge is -2.32. The van der Waals surface area contributed by atoms with E-state index in [4.69, 9.17) is 9.15 Å². The molecule has 1 fully saturated rings. The van der Waals surface area contributed by atoms with Gasteiger partial charge in [0.05, 0.1) is 10.9 Å². The second-order valence-electron chi connectivity index (χ2n) is 9.98. The number of benzene rings is 2. The van der Waals surface area contributed by atoms with Crippen molar-refractivity contribution in [3.8, 4) is 17.2 Å². The SMILES string of the molecule is CN1CCN(Cc2c(O)ccc3c(=O)c(Oc4ccc(C(C)(C)C)cc4)c(C(F)(F)F)oc23)CC1. The van der Waals surface area contributed by atoms with E-state index in [1.165, 1.54) is 24.3 Å². The first-order valence-electron chi connectivity index (χ1n) is 11.4. The van der Waals surface area contributed by atoms with Gasteiger partial charge in [-0.05, 0) is 42.3 Å². The molecule has 0 bridgehead atoms. The smallest absolute Gasteiger partial charge is 0.453 e. The van der Waals surface area contributed by atoms with E-state index in [1.54, 1.807) is 12.1 Å². The maximum atomic E-state index is 14.0. The van der Waals surface area contributed by atoms with Gasteiger partial charge in [0, 0.05) is 32.7 Å². The Morgan fingerprint density at radius 3 is 2.20 bits per heavy atom. The lowest BCUT2D eigenvalue weighted by molar-refractivity contribution is -0.154. The zero-order valence-electron chi connectivity index (χ0n) is 20.2. The second-order valence-corrected chi connectivity index (χ2v) is 9.98. The van der Waals surface area contributed by atoms with Crippen LogP contribution in [0.5, 0.6) is 17.2 Å². The number of hydrogen-bond acceptors (Lipinski definition) is 6. The van der Waals surface area contributed by atoms with E-state index in [0.29, 0.717) is 13.1 Å². The normalized spacial score (nSPS) is 16.1. The Kier molecular flexibility index (Phi) is 6.59. The predicted molar refractivity (Wildman–Crippen MR) is 127 cm³/mol. The van der Waals surface area contributed by atoms with E-state index >= 15 is 0 Å². The molecular formula is C26H29F3N2O4. The minimum Gasteiger partial charge on any atom is -0.507 e. The molecule has 3 aromatic rings. The van der Waals surface area contributed by atoms with Gasteiger partial charge in [-0.25, -0.2) is 0 Å². The lowest BCUT2D eigenvalue weighted by Crippen LogP contribution is -2.43. The Hall–Kier alpha value is -3.04. The number of nitrogens with zero attached hydrogens (tertiary/aromatic N) is 2. The molecule has 2 aromatic carbocycles. The number of ether oxygens (including phenoxy) is 1. The Morgan fingerprint density at radius 1 is 1.00 bits per heavy atom. The molecule has 1 aliphatic heterocycles. The number of fused-ring (bicyclic) bond motifs is 1. The lowest BCUT2D eigenvalue weighted by atomic mass is 9.87. The van der Waals surface area contributed by atoms with Crippen molar-refractivity contribution in [1.82, 2.24) is 9.80 Å². The van der Waals surface area contributed by atoms with Crippen LogP contribution in [0, 0.1) is 0 Å². The fraction of sp³-hybridized carbons (Fsp3) is 0.423. The maximum Gasteiger partial charge on any atom is 0.453 e. The molecule has 2 heterocycles. The number of rotatable bonds is 4. The summed E-state index contributed by atoms with van der Waals surface area (Å²) in [6, 6.07) is 9.12. The molecule has 0 saturated carbocycles. The molecule has 1 aromatic heterocycles. The molecule has 0 atom stereocenters. The molecule has 4 rings (SSSR count). The highest BCUT2D eigenvalue weighted by Crippen LogP contribution is 2.40. The van der Waals surface area contributed by atoms with Gasteiger partial charge in [-0.2, -0.15) is 13.2 Å². The fourth-order valence-electron chi connectivity index (χ4n) is 4.09. The third-order valence-corrected chi connectivity index (χ3v) is 6.27. The zero-order valence-corrected chi connectivity index (χ0v) is 20.2. The topological polar surface area (TPSA) is 66.2 Å². The summed E-state index contributed by atoms with van der Waals surface area (Å²) in [6.07, 6.45) is -4.98. The van der Waals surface area contributed by atoms with Gasteiger partial charge in [-0.1, -0.05) is 32.9 Å². The molecule has 0 aliphatic carbocycles. The van der Waals surface area contributed by atoms with Crippen LogP contribution in [0.1, 0.15) is 37.7 Å². The first kappa shape index (κ1) is 25.1. The molecule has 6 nitrogen and oxygen atoms in total. The molecule has 1 N–H and O–H groups in total. The number of piperazine rings is 1. The number of phenols is 1. The number of hydrogen-bond donors (Lipinski definition) is 1. The van der Waals surface area contributed by atoms with E-state index in [-0.39, 0.29) is 40.0 Å². The molecule has 1 saturated heterocycles. The predicted octanol–water partition coefficient (Wildman–Crippen LogP) is 5.35. The average molecular weight is 491 g/mol. The second kappa shape index (κ2) is 9.20. The van der Waals surface area contributed by atoms with Gasteiger partial charge in [0.25, 0.3) is 5.76 Å². The molecular weight excluding hydrogens is 461 g/mol. The fourth-order valence-corrected chi connectivity index (χ4v) is 4.09. The van der Waals surface area contributed by atoms with Crippen LogP contribution in [0.3, 0.4) is 0 Å². The molecule has 35 heavy (non-hydrogen) atoms. The van der Waals surface area contributed by atoms with Gasteiger partial charge in [0.1, 0.15) is 17.1 Å². The minimum atomic E-state index is -4.98. The molecule has 188 valence electrons. The quantitative estimate of drug-likeness (QED) is 0.532. The summed E-state index contributed by atoms with van der Waals surface area (Å²) in [5.41, 5.74) is -0.263. The van der Waals surface area contributed by atoms with E-state index in [1.807, 2.05) is 32.7 Å². The Bertz CT molecular complexity index is 1270. The van der Waals surface area contributed by atoms with Crippen molar-refractivity contribution in [3.05, 3.63) is 63.5 Å². The van der Waals surface area contributed by atoms with Gasteiger partial charge >= 0.3 is 6.18 Å². The summed E-state index contributed by atoms with van der Waals surface area (Å²) < 4.78 is 52.9. The molecule has 1 aliphatic rings. The van der Waals surface area contributed by atoms with Gasteiger partial charge in [0.15, 0.2) is 0 Å². The van der Waals surface area contributed by atoms with E-state index < -0.39 is 23.1 Å². The van der Waals surface area contributed by atoms with Crippen molar-refractivity contribution in [3.63, 3.8) is 0 Å². The number of alkyl halides is 3. The van der Waals surface area contributed by atoms with Gasteiger partial charge in [0.2, 0.25) is 11.2 Å². The Morgan fingerprint density at radius 2 is 1.63 bits per heavy atom. The number of aromatic hydroxyl groups is 1. The highest BCUT2D eigenvalue weighted by Gasteiger charge is 2.41. The van der Waals surface area contributed by atoms with Crippen LogP contribution in [0.4, 0.5) is 13.2 Å². The van der Waals surface area contributed by atoms with Crippen LogP contribution in [-0.2, 0) is 18.1 Å². The Labute approximate surface area is 201 Å². The standard InChI is InChI=1S/C26H29F3N2O4/c1-25(2,3)16-5-7-17(8-6-16)34-23-21(33)18-9-10-20(32)19(15-31-13-11-30(4)12-14-31)22(18)35-24(23)26(27,28)29/h5-10,32H,11-15H2,1-4H3. The Balaban J connectivity index is 1.79. The molecule has 0 unspecified atom stereocenters. The maximum absolute atomic E-state index is 14.0. The molecule has 9 heteroatoms. The summed E-state index contributed by atoms with van der Waals surface area (Å²) >= 11 is 0. The van der Waals surface area contributed by atoms with E-state index in [2.05, 4.69) is 4.90 Å². The highest BCUT2D eigenvalue weighted by atomic mass is 19.4. The highest BCUT2D eigenvalue weighted by molar-refractivity contribution is 5.83. The summed E-state index contributed by atoms with van der Waals surface area (Å²) in [7, 11) is 1.99. The van der Waals surface area contributed by atoms with Crippen LogP contribution in [-0.4, -0.2) is 48.1 Å². The van der Waals surface area contributed by atoms with Crippen molar-refractivity contribution in [2.24, 2.45) is 0 Å². The zero-order chi connectivity index (χ0) is 25.5. The summed E-state index contributed by atoms with van der Waals surface area (Å²) in [5.74, 6) is -2.59. The van der Waals surface area contributed by atoms with Crippen LogP contribution < -0.4 is 10.2 Å². The summed E-state index contributed by atoms with van der Waals surface area (Å²) in [5, 5.41) is 10.4. The van der Waals surface area contributed by atoms with Crippen molar-refractivity contribution in [1.29, 1.82) is 0 Å². The van der Waals surface area contributed by atoms with E-state index in [9.17, 15) is 23.1 Å². The van der Waals surface area contributed by atoms with Crippen LogP contribution in [0.2, 0.25) is 0 Å². The monoisotopic (exact) mass is 490 g/mol. The number of halogens is 3. The van der Waals surface area contributed by atoms with Gasteiger partial charge < -0.3 is 19.2 Å². The summed E-state index contributed by atoms with van der Waals surface area (Å²) in [6.45, 7) is 9.12. The minimum absolute atomic E-state index is 0.0822. The molecule has 0 amide bonds. The van der Waals surface area contributed by atoms with Crippen molar-refractivity contribution in [2.45, 2.75) is 38.9 Å². The van der Waals surface area contributed by atoms with Crippen molar-refractivity contribution < 1.29 is 27.4 Å². The first-order valence-corrected chi connectivity index (χ1v) is 11.4. The molecule has 0 radical (unpaired) electrons. The molecule has 0 spiro atoms. The van der Waals surface area contributed by atoms with Gasteiger partial charge in [-0.15, -0.1) is 0 Å². The van der Waals surface area contributed by atoms with E-state index in [0.717, 1.165) is 18.7 Å². The average Bonchev–Trinajstić information content (AvgIpc) is 2.77. The number of phenolic OH excluding ortho intramolecular Hbond substituents is 1. The first-order chi connectivity index (χ1) is 16.3. The van der Waals surface area contributed by atoms with Crippen LogP contribution in [0.15, 0.2) is 45.6 Å².